The van der Waals surface area contributed by atoms with Gasteiger partial charge in [0.1, 0.15) is 24.4 Å². The maximum absolute atomic E-state index is 13.5. The van der Waals surface area contributed by atoms with E-state index in [4.69, 9.17) is 14.2 Å². The Morgan fingerprint density at radius 3 is 1.18 bits per heavy atom. The minimum Gasteiger partial charge on any atom is -0.454 e. The van der Waals surface area contributed by atoms with Crippen LogP contribution >= 0.6 is 0 Å². The van der Waals surface area contributed by atoms with Crippen molar-refractivity contribution in [1.82, 2.24) is 5.32 Å². The van der Waals surface area contributed by atoms with Crippen molar-refractivity contribution >= 4 is 11.9 Å². The van der Waals surface area contributed by atoms with Crippen LogP contribution in [0.1, 0.15) is 348 Å². The number of hydrogen-bond acceptors (Lipinski definition) is 10. The van der Waals surface area contributed by atoms with E-state index in [0.717, 1.165) is 103 Å². The lowest BCUT2D eigenvalue weighted by molar-refractivity contribution is -0.305. The number of unbranched alkanes of at least 4 members (excludes halogenated alkanes) is 39. The quantitative estimate of drug-likeness (QED) is 0.0195. The van der Waals surface area contributed by atoms with Crippen LogP contribution in [0.15, 0.2) is 97.2 Å². The molecule has 1 saturated heterocycles. The van der Waals surface area contributed by atoms with E-state index in [1.165, 1.54) is 199 Å². The molecule has 0 saturated carbocycles. The molecule has 11 heteroatoms. The molecule has 1 aliphatic rings. The summed E-state index contributed by atoms with van der Waals surface area (Å²) in [6, 6.07) is -1.03. The van der Waals surface area contributed by atoms with Crippen LogP contribution in [0.3, 0.4) is 0 Å². The van der Waals surface area contributed by atoms with Gasteiger partial charge in [0.15, 0.2) is 12.4 Å². The SMILES string of the molecule is CC/C=C\C/C=C\C/C=C\C/C=C\C/C=C\CCCCCCCCCCCCC(O)C(=O)NC(COC1OC(CO)C(O)C(O)C1OC(=O)CCCCCCCCCCCCCCCCCCC/C=C\C/C=C\CCCCC)C(O)/C=C/CCCCCCCCCCC. The first-order valence-corrected chi connectivity index (χ1v) is 39.0. The number of rotatable bonds is 67. The van der Waals surface area contributed by atoms with E-state index in [9.17, 15) is 35.1 Å². The molecule has 0 aliphatic carbocycles. The second-order valence-electron chi connectivity index (χ2n) is 26.7. The van der Waals surface area contributed by atoms with Crippen molar-refractivity contribution in [2.24, 2.45) is 0 Å². The lowest BCUT2D eigenvalue weighted by atomic mass is 9.99. The summed E-state index contributed by atoms with van der Waals surface area (Å²) >= 11 is 0. The second kappa shape index (κ2) is 68.5. The lowest BCUT2D eigenvalue weighted by Gasteiger charge is -2.41. The molecule has 0 aromatic rings. The molecule has 1 rings (SSSR count). The first-order chi connectivity index (χ1) is 45.7. The van der Waals surface area contributed by atoms with Crippen LogP contribution in [0, 0.1) is 0 Å². The van der Waals surface area contributed by atoms with Crippen molar-refractivity contribution in [1.29, 1.82) is 0 Å². The second-order valence-corrected chi connectivity index (χ2v) is 26.7. The molecule has 1 aliphatic heterocycles. The summed E-state index contributed by atoms with van der Waals surface area (Å²) < 4.78 is 17.7. The smallest absolute Gasteiger partial charge is 0.306 e. The highest BCUT2D eigenvalue weighted by atomic mass is 16.7. The van der Waals surface area contributed by atoms with Crippen LogP contribution < -0.4 is 5.32 Å². The average molecular weight is 1310 g/mol. The van der Waals surface area contributed by atoms with Gasteiger partial charge in [-0.05, 0) is 103 Å². The third-order valence-corrected chi connectivity index (χ3v) is 18.0. The molecule has 1 amide bonds. The van der Waals surface area contributed by atoms with Crippen LogP contribution in [0.5, 0.6) is 0 Å². The van der Waals surface area contributed by atoms with Gasteiger partial charge in [-0.3, -0.25) is 9.59 Å². The first-order valence-electron chi connectivity index (χ1n) is 39.0. The van der Waals surface area contributed by atoms with Gasteiger partial charge in [-0.25, -0.2) is 0 Å². The average Bonchev–Trinajstić information content (AvgIpc) is 0.974. The Balaban J connectivity index is 2.48. The molecule has 0 bridgehead atoms. The van der Waals surface area contributed by atoms with Crippen molar-refractivity contribution < 1.29 is 49.3 Å². The van der Waals surface area contributed by atoms with Gasteiger partial charge in [-0.2, -0.15) is 0 Å². The van der Waals surface area contributed by atoms with Gasteiger partial charge in [0.2, 0.25) is 5.91 Å². The predicted octanol–water partition coefficient (Wildman–Crippen LogP) is 21.0. The van der Waals surface area contributed by atoms with E-state index in [0.29, 0.717) is 12.8 Å². The number of carbonyl (C=O) groups is 2. The van der Waals surface area contributed by atoms with Crippen molar-refractivity contribution in [2.75, 3.05) is 13.2 Å². The van der Waals surface area contributed by atoms with Crippen LogP contribution in [0.2, 0.25) is 0 Å². The van der Waals surface area contributed by atoms with Gasteiger partial charge in [-0.15, -0.1) is 0 Å². The van der Waals surface area contributed by atoms with Gasteiger partial charge in [-0.1, -0.05) is 336 Å². The Hall–Kier alpha value is -3.42. The lowest BCUT2D eigenvalue weighted by Crippen LogP contribution is -2.61. The van der Waals surface area contributed by atoms with Crippen molar-refractivity contribution in [3.8, 4) is 0 Å². The Morgan fingerprint density at radius 1 is 0.430 bits per heavy atom. The fraction of sp³-hybridized carbons (Fsp3) is 0.780. The Bertz CT molecular complexity index is 1890. The normalized spacial score (nSPS) is 18.4. The molecule has 1 heterocycles. The van der Waals surface area contributed by atoms with Gasteiger partial charge in [0.25, 0.3) is 0 Å². The van der Waals surface area contributed by atoms with Gasteiger partial charge in [0, 0.05) is 6.42 Å². The maximum atomic E-state index is 13.5. The monoisotopic (exact) mass is 1300 g/mol. The summed E-state index contributed by atoms with van der Waals surface area (Å²) in [5.74, 6) is -1.19. The Morgan fingerprint density at radius 2 is 0.774 bits per heavy atom. The van der Waals surface area contributed by atoms with Gasteiger partial charge in [0.05, 0.1) is 25.4 Å². The van der Waals surface area contributed by atoms with E-state index in [-0.39, 0.29) is 19.4 Å². The Labute approximate surface area is 571 Å². The van der Waals surface area contributed by atoms with E-state index < -0.39 is 67.4 Å². The molecule has 93 heavy (non-hydrogen) atoms. The molecule has 0 aromatic heterocycles. The van der Waals surface area contributed by atoms with E-state index in [1.54, 1.807) is 6.08 Å². The third-order valence-electron chi connectivity index (χ3n) is 18.0. The molecule has 0 radical (unpaired) electrons. The van der Waals surface area contributed by atoms with Crippen molar-refractivity contribution in [2.45, 2.75) is 397 Å². The summed E-state index contributed by atoms with van der Waals surface area (Å²) in [5.41, 5.74) is 0. The summed E-state index contributed by atoms with van der Waals surface area (Å²) in [7, 11) is 0. The van der Waals surface area contributed by atoms with Crippen molar-refractivity contribution in [3.63, 3.8) is 0 Å². The zero-order valence-electron chi connectivity index (χ0n) is 60.1. The van der Waals surface area contributed by atoms with E-state index in [2.05, 4.69) is 111 Å². The zero-order valence-corrected chi connectivity index (χ0v) is 60.1. The number of ether oxygens (including phenoxy) is 3. The molecule has 8 unspecified atom stereocenters. The number of nitrogens with one attached hydrogen (secondary N) is 1. The number of hydrogen-bond donors (Lipinski definition) is 6. The summed E-state index contributed by atoms with van der Waals surface area (Å²) in [6.45, 7) is 5.69. The highest BCUT2D eigenvalue weighted by Crippen LogP contribution is 2.26. The van der Waals surface area contributed by atoms with Crippen LogP contribution in [0.4, 0.5) is 0 Å². The van der Waals surface area contributed by atoms with Gasteiger partial charge >= 0.3 is 5.97 Å². The molecule has 1 fully saturated rings. The predicted molar refractivity (Wildman–Crippen MR) is 393 cm³/mol. The molecular weight excluding hydrogens is 1160 g/mol. The molecule has 11 nitrogen and oxygen atoms in total. The summed E-state index contributed by atoms with van der Waals surface area (Å²) in [4.78, 5) is 26.8. The fourth-order valence-corrected chi connectivity index (χ4v) is 11.9. The zero-order chi connectivity index (χ0) is 67.4. The van der Waals surface area contributed by atoms with E-state index in [1.807, 2.05) is 6.08 Å². The largest absolute Gasteiger partial charge is 0.454 e. The highest BCUT2D eigenvalue weighted by molar-refractivity contribution is 5.80. The van der Waals surface area contributed by atoms with Crippen LogP contribution in [0.25, 0.3) is 0 Å². The molecule has 538 valence electrons. The third kappa shape index (κ3) is 55.3. The van der Waals surface area contributed by atoms with E-state index >= 15 is 0 Å². The molecule has 0 aromatic carbocycles. The molecule has 0 spiro atoms. The molecular formula is C82H145NO10. The standard InChI is InChI=1S/C82H145NO10/c1-4-7-10-13-16-19-22-24-26-28-30-32-34-36-38-40-42-44-46-48-50-52-55-58-61-64-67-70-77(87)93-80-79(89)78(88)76(71-84)92-82(80)91-72-73(74(85)68-65-62-59-56-53-21-18-15-12-9-6-3)83-81(90)75(86)69-66-63-60-57-54-51-49-47-45-43-41-39-37-35-33-31-29-27-25-23-20-17-14-11-8-5-2/h8,11,16-17,19-20,24-27,31,33,37,39,65,68,73-76,78-80,82,84-86,88-89H,4-7,9-10,12-15,18,21-23,28-30,32,34-36,38,40-64,66-67,69-72H2,1-3H3,(H,83,90)/b11-8-,19-16-,20-17-,26-24-,27-25-,33-31-,39-37-,68-65+. The fourth-order valence-electron chi connectivity index (χ4n) is 11.9. The number of amides is 1. The van der Waals surface area contributed by atoms with Gasteiger partial charge < -0.3 is 45.1 Å². The number of allylic oxidation sites excluding steroid dienone is 15. The molecule has 8 atom stereocenters. The topological polar surface area (TPSA) is 175 Å². The van der Waals surface area contributed by atoms with Crippen LogP contribution in [-0.4, -0.2) is 99.6 Å². The summed E-state index contributed by atoms with van der Waals surface area (Å²) in [6.07, 6.45) is 83.2. The van der Waals surface area contributed by atoms with Crippen molar-refractivity contribution in [3.05, 3.63) is 97.2 Å². The Kier molecular flexibility index (Phi) is 64.5. The van der Waals surface area contributed by atoms with Crippen LogP contribution in [-0.2, 0) is 23.8 Å². The maximum Gasteiger partial charge on any atom is 0.306 e. The number of carbonyl (C=O) groups excluding carboxylic acids is 2. The minimum absolute atomic E-state index is 0.123. The number of aliphatic hydroxyl groups excluding tert-OH is 5. The number of aliphatic hydroxyl groups is 5. The minimum atomic E-state index is -1.62. The highest BCUT2D eigenvalue weighted by Gasteiger charge is 2.47. The number of esters is 1. The first kappa shape index (κ1) is 87.6. The summed E-state index contributed by atoms with van der Waals surface area (Å²) in [5, 5.41) is 57.4. The molecule has 6 N–H and O–H groups in total.